The molecule has 8 nitrogen and oxygen atoms in total. The Morgan fingerprint density at radius 1 is 0.743 bits per heavy atom. The molecule has 0 aromatic heterocycles. The third-order valence-corrected chi connectivity index (χ3v) is 5.33. The fourth-order valence-electron chi connectivity index (χ4n) is 2.18. The number of nitrogens with one attached hydrogen (secondary N) is 2. The number of hydrogen-bond acceptors (Lipinski definition) is 6. The van der Waals surface area contributed by atoms with Crippen molar-refractivity contribution in [1.82, 2.24) is 10.6 Å². The molecule has 2 radical (unpaired) electrons. The SMILES string of the molecule is C.C[C-](C)SC(CC(=O)NC(C)(C)C)C(=O)O.C[C-](C)SC(CC(=O)O)C(=O)NC(C)(C)C.[Y].[Y]. The summed E-state index contributed by atoms with van der Waals surface area (Å²) in [4.78, 5) is 45.0. The predicted octanol–water partition coefficient (Wildman–Crippen LogP) is 4.73. The molecule has 4 N–H and O–H groups in total. The van der Waals surface area contributed by atoms with Gasteiger partial charge >= 0.3 is 11.9 Å². The number of hydrogen-bond donors (Lipinski definition) is 4. The summed E-state index contributed by atoms with van der Waals surface area (Å²) in [6.45, 7) is 18.6. The number of thioether (sulfide) groups is 2. The van der Waals surface area contributed by atoms with Crippen LogP contribution in [0.1, 0.15) is 89.5 Å². The second kappa shape index (κ2) is 21.7. The molecule has 0 fully saturated rings. The molecular weight excluding hydrogens is 642 g/mol. The zero-order valence-electron chi connectivity index (χ0n) is 22.1. The zero-order chi connectivity index (χ0) is 25.9. The predicted molar refractivity (Wildman–Crippen MR) is 139 cm³/mol. The van der Waals surface area contributed by atoms with Gasteiger partial charge in [0.15, 0.2) is 0 Å². The van der Waals surface area contributed by atoms with Gasteiger partial charge in [0.1, 0.15) is 0 Å². The largest absolute Gasteiger partial charge is 0.481 e. The maximum Gasteiger partial charge on any atom is 0.314 e. The van der Waals surface area contributed by atoms with Gasteiger partial charge in [-0.05, 0) is 41.5 Å². The van der Waals surface area contributed by atoms with E-state index in [1.165, 1.54) is 23.5 Å². The molecule has 35 heavy (non-hydrogen) atoms. The minimum absolute atomic E-state index is 0. The molecule has 2 atom stereocenters. The summed E-state index contributed by atoms with van der Waals surface area (Å²) in [5.41, 5.74) is -0.661. The van der Waals surface area contributed by atoms with Crippen molar-refractivity contribution in [3.05, 3.63) is 10.5 Å². The zero-order valence-corrected chi connectivity index (χ0v) is 29.4. The quantitative estimate of drug-likeness (QED) is 0.243. The maximum atomic E-state index is 11.8. The van der Waals surface area contributed by atoms with Crippen LogP contribution in [0.3, 0.4) is 0 Å². The second-order valence-electron chi connectivity index (χ2n) is 9.71. The van der Waals surface area contributed by atoms with E-state index in [1.807, 2.05) is 69.2 Å². The molecule has 0 aliphatic rings. The normalized spacial score (nSPS) is 12.5. The van der Waals surface area contributed by atoms with Crippen LogP contribution in [-0.4, -0.2) is 55.5 Å². The summed E-state index contributed by atoms with van der Waals surface area (Å²) in [6, 6.07) is 0. The summed E-state index contributed by atoms with van der Waals surface area (Å²) in [6.07, 6.45) is -0.153. The smallest absolute Gasteiger partial charge is 0.314 e. The van der Waals surface area contributed by atoms with E-state index >= 15 is 0 Å². The first kappa shape index (κ1) is 45.7. The average molecular weight is 687 g/mol. The van der Waals surface area contributed by atoms with Gasteiger partial charge in [0.25, 0.3) is 0 Å². The van der Waals surface area contributed by atoms with Crippen LogP contribution < -0.4 is 10.6 Å². The van der Waals surface area contributed by atoms with E-state index in [2.05, 4.69) is 10.6 Å². The van der Waals surface area contributed by atoms with E-state index in [1.54, 1.807) is 0 Å². The van der Waals surface area contributed by atoms with Gasteiger partial charge in [0, 0.05) is 82.9 Å². The van der Waals surface area contributed by atoms with Crippen LogP contribution in [0.15, 0.2) is 0 Å². The van der Waals surface area contributed by atoms with Gasteiger partial charge in [-0.2, -0.15) is 27.7 Å². The number of amides is 2. The second-order valence-corrected chi connectivity index (χ2v) is 12.9. The van der Waals surface area contributed by atoms with Gasteiger partial charge in [0.2, 0.25) is 11.8 Å². The molecule has 0 aromatic carbocycles. The Morgan fingerprint density at radius 2 is 1.11 bits per heavy atom. The number of aliphatic carboxylic acids is 2. The van der Waals surface area contributed by atoms with E-state index in [-0.39, 0.29) is 109 Å². The molecule has 12 heteroatoms. The van der Waals surface area contributed by atoms with Crippen LogP contribution in [0.25, 0.3) is 0 Å². The fourth-order valence-corrected chi connectivity index (χ4v) is 4.05. The van der Waals surface area contributed by atoms with Crippen molar-refractivity contribution >= 4 is 47.3 Å². The Kier molecular flexibility index (Phi) is 28.3. The maximum absolute atomic E-state index is 11.8. The topological polar surface area (TPSA) is 133 Å². The first-order chi connectivity index (χ1) is 14.2. The van der Waals surface area contributed by atoms with Crippen molar-refractivity contribution in [3.8, 4) is 0 Å². The van der Waals surface area contributed by atoms with Crippen LogP contribution in [0.2, 0.25) is 0 Å². The van der Waals surface area contributed by atoms with Gasteiger partial charge < -0.3 is 44.4 Å². The Labute approximate surface area is 271 Å². The van der Waals surface area contributed by atoms with Crippen molar-refractivity contribution in [2.24, 2.45) is 0 Å². The molecule has 0 saturated heterocycles. The van der Waals surface area contributed by atoms with E-state index < -0.39 is 22.4 Å². The van der Waals surface area contributed by atoms with Crippen LogP contribution in [0.5, 0.6) is 0 Å². The van der Waals surface area contributed by atoms with Crippen LogP contribution in [0, 0.1) is 10.5 Å². The molecule has 2 amide bonds. The Balaban J connectivity index is -0.000000158. The molecule has 0 bridgehead atoms. The van der Waals surface area contributed by atoms with Crippen molar-refractivity contribution in [2.45, 2.75) is 111 Å². The van der Waals surface area contributed by atoms with Crippen molar-refractivity contribution in [2.75, 3.05) is 0 Å². The minimum atomic E-state index is -0.956. The molecule has 0 aliphatic carbocycles. The number of carbonyl (C=O) groups is 4. The van der Waals surface area contributed by atoms with Gasteiger partial charge in [0.05, 0.1) is 16.9 Å². The molecule has 0 aromatic rings. The summed E-state index contributed by atoms with van der Waals surface area (Å²) < 4.78 is 0. The number of carboxylic acid groups (broad SMARTS) is 2. The molecule has 0 saturated carbocycles. The Morgan fingerprint density at radius 3 is 1.40 bits per heavy atom. The average Bonchev–Trinajstić information content (AvgIpc) is 2.49. The molecule has 0 heterocycles. The van der Waals surface area contributed by atoms with Gasteiger partial charge in [-0.1, -0.05) is 7.43 Å². The van der Waals surface area contributed by atoms with Gasteiger partial charge in [-0.15, -0.1) is 0 Å². The standard InChI is InChI=1S/2C11H20NO3S.CH4.2Y/c1-7(2)16-8(6-9(13)14)10(15)12-11(3,4)5;1-7(2)16-8(10(14)15)6-9(13)12-11(3,4)5;;;/h8H,6H2,1-5H3,(H,12,15)(H,13,14);8H,6H2,1-5H3,(H,12,13)(H,14,15);1H4;;/q2*-1;;;. The van der Waals surface area contributed by atoms with Crippen molar-refractivity contribution in [3.63, 3.8) is 0 Å². The molecular formula is C23H44N2O6S2Y2-2. The third kappa shape index (κ3) is 30.9. The van der Waals surface area contributed by atoms with Gasteiger partial charge in [-0.3, -0.25) is 29.7 Å². The summed E-state index contributed by atoms with van der Waals surface area (Å²) in [5.74, 6) is -2.35. The minimum Gasteiger partial charge on any atom is -0.481 e. The number of carbonyl (C=O) groups excluding carboxylic acids is 2. The molecule has 2 unspecified atom stereocenters. The Hall–Kier alpha value is 0.788. The van der Waals surface area contributed by atoms with Crippen LogP contribution in [-0.2, 0) is 84.6 Å². The van der Waals surface area contributed by atoms with E-state index in [0.29, 0.717) is 0 Å². The first-order valence-electron chi connectivity index (χ1n) is 10.2. The van der Waals surface area contributed by atoms with Crippen molar-refractivity contribution < 1.29 is 94.8 Å². The molecule has 202 valence electrons. The van der Waals surface area contributed by atoms with E-state index in [4.69, 9.17) is 10.2 Å². The Bertz CT molecular complexity index is 636. The summed E-state index contributed by atoms with van der Waals surface area (Å²) in [5, 5.41) is 23.9. The number of rotatable bonds is 10. The van der Waals surface area contributed by atoms with Gasteiger partial charge in [-0.25, -0.2) is 0 Å². The van der Waals surface area contributed by atoms with Crippen molar-refractivity contribution in [1.29, 1.82) is 0 Å². The third-order valence-electron chi connectivity index (χ3n) is 3.07. The summed E-state index contributed by atoms with van der Waals surface area (Å²) >= 11 is 2.52. The first-order valence-corrected chi connectivity index (χ1v) is 12.0. The number of carboxylic acids is 2. The molecule has 0 aliphatic heterocycles. The molecule has 0 rings (SSSR count). The van der Waals surface area contributed by atoms with Crippen LogP contribution >= 0.6 is 23.5 Å². The van der Waals surface area contributed by atoms with E-state index in [0.717, 1.165) is 10.5 Å². The van der Waals surface area contributed by atoms with Crippen LogP contribution in [0.4, 0.5) is 0 Å². The monoisotopic (exact) mass is 686 g/mol. The summed E-state index contributed by atoms with van der Waals surface area (Å²) in [7, 11) is 0. The fraction of sp³-hybridized carbons (Fsp3) is 0.739. The van der Waals surface area contributed by atoms with E-state index in [9.17, 15) is 19.2 Å². The molecule has 0 spiro atoms.